The molecule has 1 fully saturated rings. The Morgan fingerprint density at radius 1 is 1.19 bits per heavy atom. The number of carbonyl (C=O) groups is 1. The number of aliphatic imine (C=N–C) groups is 2. The van der Waals surface area contributed by atoms with Gasteiger partial charge in [0.15, 0.2) is 0 Å². The average Bonchev–Trinajstić information content (AvgIpc) is 2.54. The van der Waals surface area contributed by atoms with E-state index in [4.69, 9.17) is 4.74 Å². The van der Waals surface area contributed by atoms with Gasteiger partial charge in [0.05, 0.1) is 6.04 Å². The summed E-state index contributed by atoms with van der Waals surface area (Å²) in [6.07, 6.45) is 4.45. The second kappa shape index (κ2) is 11.3. The minimum absolute atomic E-state index is 0.0556. The molecule has 1 amide bonds. The predicted octanol–water partition coefficient (Wildman–Crippen LogP) is 2.39. The van der Waals surface area contributed by atoms with Crippen molar-refractivity contribution in [1.29, 1.82) is 0 Å². The van der Waals surface area contributed by atoms with Crippen molar-refractivity contribution in [1.82, 2.24) is 10.6 Å². The molecule has 0 aromatic carbocycles. The van der Waals surface area contributed by atoms with Crippen molar-refractivity contribution < 1.29 is 9.53 Å². The third-order valence-electron chi connectivity index (χ3n) is 3.30. The summed E-state index contributed by atoms with van der Waals surface area (Å²) in [5.41, 5.74) is -0.489. The van der Waals surface area contributed by atoms with Crippen molar-refractivity contribution in [2.75, 3.05) is 19.8 Å². The quantitative estimate of drug-likeness (QED) is 0.721. The fourth-order valence-electron chi connectivity index (χ4n) is 2.19. The second-order valence-corrected chi connectivity index (χ2v) is 4.34. The first-order valence-corrected chi connectivity index (χ1v) is 7.92. The number of nitrogens with zero attached hydrogens (tertiary/aromatic N) is 2. The molecule has 6 heteroatoms. The molecule has 0 aromatic heterocycles. The number of ether oxygens (including phenoxy) is 1. The first kappa shape index (κ1) is 19.6. The van der Waals surface area contributed by atoms with Crippen LogP contribution in [0, 0.1) is 0 Å². The Hall–Kier alpha value is -1.43. The van der Waals surface area contributed by atoms with E-state index in [1.54, 1.807) is 12.4 Å². The zero-order valence-electron chi connectivity index (χ0n) is 14.0. The van der Waals surface area contributed by atoms with Crippen LogP contribution in [-0.2, 0) is 4.74 Å². The van der Waals surface area contributed by atoms with Crippen LogP contribution in [0.3, 0.4) is 0 Å². The average molecular weight is 298 g/mol. The van der Waals surface area contributed by atoms with Gasteiger partial charge in [-0.05, 0) is 20.0 Å². The maximum Gasteiger partial charge on any atom is 0.409 e. The van der Waals surface area contributed by atoms with E-state index in [0.29, 0.717) is 0 Å². The smallest absolute Gasteiger partial charge is 0.409 e. The van der Waals surface area contributed by atoms with Gasteiger partial charge in [-0.15, -0.1) is 0 Å². The highest BCUT2D eigenvalue weighted by atomic mass is 16.6. The lowest BCUT2D eigenvalue weighted by molar-refractivity contribution is -0.0258. The van der Waals surface area contributed by atoms with Gasteiger partial charge in [0.2, 0.25) is 0 Å². The molecule has 0 bridgehead atoms. The zero-order chi connectivity index (χ0) is 16.1. The maximum atomic E-state index is 11.6. The Morgan fingerprint density at radius 3 is 2.43 bits per heavy atom. The number of alkyl carbamates (subject to hydrolysis) is 1. The van der Waals surface area contributed by atoms with Gasteiger partial charge in [0.25, 0.3) is 0 Å². The molecule has 1 saturated heterocycles. The van der Waals surface area contributed by atoms with E-state index in [0.717, 1.165) is 25.9 Å². The Bertz CT molecular complexity index is 337. The highest BCUT2D eigenvalue weighted by Gasteiger charge is 2.41. The maximum absolute atomic E-state index is 11.6. The van der Waals surface area contributed by atoms with Gasteiger partial charge >= 0.3 is 6.09 Å². The normalized spacial score (nSPS) is 25.2. The predicted molar refractivity (Wildman–Crippen MR) is 88.5 cm³/mol. The van der Waals surface area contributed by atoms with Crippen LogP contribution in [0.2, 0.25) is 0 Å². The van der Waals surface area contributed by atoms with E-state index in [-0.39, 0.29) is 12.7 Å². The first-order valence-electron chi connectivity index (χ1n) is 7.92. The van der Waals surface area contributed by atoms with E-state index in [1.165, 1.54) is 0 Å². The molecule has 21 heavy (non-hydrogen) atoms. The number of piperidine rings is 1. The van der Waals surface area contributed by atoms with Gasteiger partial charge < -0.3 is 15.4 Å². The highest BCUT2D eigenvalue weighted by molar-refractivity contribution is 6.16. The monoisotopic (exact) mass is 298 g/mol. The van der Waals surface area contributed by atoms with Crippen LogP contribution in [0.25, 0.3) is 0 Å². The molecule has 0 radical (unpaired) electrons. The molecule has 6 nitrogen and oxygen atoms in total. The van der Waals surface area contributed by atoms with Crippen molar-refractivity contribution in [3.05, 3.63) is 0 Å². The Kier molecular flexibility index (Phi) is 10.5. The Morgan fingerprint density at radius 2 is 1.81 bits per heavy atom. The molecule has 1 spiro atoms. The molecule has 2 rings (SSSR count). The summed E-state index contributed by atoms with van der Waals surface area (Å²) in [7, 11) is 0. The SMILES string of the molecule is CC.CC.CC1N=C/C=N\CNC(=O)OC12CCNCC2. The molecule has 2 aliphatic rings. The van der Waals surface area contributed by atoms with Crippen molar-refractivity contribution in [2.45, 2.75) is 59.1 Å². The van der Waals surface area contributed by atoms with Crippen molar-refractivity contribution >= 4 is 18.5 Å². The standard InChI is InChI=1S/C11H18N4O2.2C2H6/c1-9-11(2-4-12-5-3-11)17-10(16)15-8-13-6-7-14-9;2*1-2/h6-7,9,12H,2-5,8H2,1H3,(H,15,16);2*1-2H3/b13-6-,14-7?;;. The molecule has 122 valence electrons. The van der Waals surface area contributed by atoms with Crippen LogP contribution in [0.5, 0.6) is 0 Å². The Balaban J connectivity index is 0.000000921. The van der Waals surface area contributed by atoms with E-state index in [9.17, 15) is 4.79 Å². The van der Waals surface area contributed by atoms with E-state index in [2.05, 4.69) is 20.6 Å². The summed E-state index contributed by atoms with van der Waals surface area (Å²) in [5, 5.41) is 5.87. The molecular weight excluding hydrogens is 268 g/mol. The van der Waals surface area contributed by atoms with Gasteiger partial charge in [0, 0.05) is 25.3 Å². The van der Waals surface area contributed by atoms with Crippen LogP contribution in [0.1, 0.15) is 47.5 Å². The minimum atomic E-state index is -0.489. The summed E-state index contributed by atoms with van der Waals surface area (Å²) in [4.78, 5) is 20.0. The van der Waals surface area contributed by atoms with Gasteiger partial charge in [-0.25, -0.2) is 4.79 Å². The molecule has 0 aromatic rings. The molecule has 2 N–H and O–H groups in total. The lowest BCUT2D eigenvalue weighted by Crippen LogP contribution is -2.53. The van der Waals surface area contributed by atoms with Gasteiger partial charge in [-0.1, -0.05) is 27.7 Å². The van der Waals surface area contributed by atoms with Crippen molar-refractivity contribution in [3.63, 3.8) is 0 Å². The fourth-order valence-corrected chi connectivity index (χ4v) is 2.19. The zero-order valence-corrected chi connectivity index (χ0v) is 14.0. The summed E-state index contributed by atoms with van der Waals surface area (Å²) in [6, 6.07) is -0.0556. The highest BCUT2D eigenvalue weighted by Crippen LogP contribution is 2.29. The van der Waals surface area contributed by atoms with Crippen LogP contribution >= 0.6 is 0 Å². The summed E-state index contributed by atoms with van der Waals surface area (Å²) in [6.45, 7) is 11.9. The second-order valence-electron chi connectivity index (χ2n) is 4.34. The lowest BCUT2D eigenvalue weighted by Gasteiger charge is -2.39. The Labute approximate surface area is 128 Å². The third kappa shape index (κ3) is 6.25. The first-order chi connectivity index (χ1) is 10.2. The molecule has 1 unspecified atom stereocenters. The number of rotatable bonds is 0. The van der Waals surface area contributed by atoms with E-state index >= 15 is 0 Å². The summed E-state index contributed by atoms with van der Waals surface area (Å²) >= 11 is 0. The van der Waals surface area contributed by atoms with Crippen LogP contribution in [0.4, 0.5) is 4.79 Å². The topological polar surface area (TPSA) is 75.1 Å². The minimum Gasteiger partial charge on any atom is -0.441 e. The summed E-state index contributed by atoms with van der Waals surface area (Å²) in [5.74, 6) is 0. The van der Waals surface area contributed by atoms with Crippen molar-refractivity contribution in [2.24, 2.45) is 9.98 Å². The molecule has 2 aliphatic heterocycles. The lowest BCUT2D eigenvalue weighted by atomic mass is 9.85. The van der Waals surface area contributed by atoms with Crippen LogP contribution in [0.15, 0.2) is 9.98 Å². The number of carbonyl (C=O) groups excluding carboxylic acids is 1. The van der Waals surface area contributed by atoms with Crippen LogP contribution < -0.4 is 10.6 Å². The summed E-state index contributed by atoms with van der Waals surface area (Å²) < 4.78 is 5.59. The van der Waals surface area contributed by atoms with Crippen LogP contribution in [-0.4, -0.2) is 49.9 Å². The fraction of sp³-hybridized carbons (Fsp3) is 0.800. The third-order valence-corrected chi connectivity index (χ3v) is 3.30. The van der Waals surface area contributed by atoms with Crippen molar-refractivity contribution in [3.8, 4) is 0 Å². The molecule has 0 aliphatic carbocycles. The molecule has 2 heterocycles. The van der Waals surface area contributed by atoms with Gasteiger partial charge in [-0.3, -0.25) is 9.98 Å². The van der Waals surface area contributed by atoms with Gasteiger partial charge in [0.1, 0.15) is 12.3 Å². The molecule has 1 atom stereocenters. The number of hydrogen-bond donors (Lipinski definition) is 2. The number of hydrogen-bond acceptors (Lipinski definition) is 5. The largest absolute Gasteiger partial charge is 0.441 e. The number of amides is 1. The van der Waals surface area contributed by atoms with E-state index in [1.807, 2.05) is 34.6 Å². The van der Waals surface area contributed by atoms with E-state index < -0.39 is 11.7 Å². The number of nitrogens with one attached hydrogen (secondary N) is 2. The molecule has 0 saturated carbocycles. The van der Waals surface area contributed by atoms with Gasteiger partial charge in [-0.2, -0.15) is 0 Å². The molecular formula is C15H30N4O2.